The molecular weight excluding hydrogens is 375 g/mol. The molecule has 0 saturated heterocycles. The summed E-state index contributed by atoms with van der Waals surface area (Å²) in [5.74, 6) is 0.591. The van der Waals surface area contributed by atoms with Crippen molar-refractivity contribution < 1.29 is 9.18 Å². The van der Waals surface area contributed by atoms with Gasteiger partial charge in [-0.2, -0.15) is 0 Å². The Hall–Kier alpha value is -2.46. The van der Waals surface area contributed by atoms with Crippen molar-refractivity contribution in [3.63, 3.8) is 0 Å². The molecule has 1 fully saturated rings. The van der Waals surface area contributed by atoms with E-state index < -0.39 is 0 Å². The van der Waals surface area contributed by atoms with Crippen LogP contribution in [-0.2, 0) is 4.79 Å². The number of pyridine rings is 1. The van der Waals surface area contributed by atoms with E-state index in [1.165, 1.54) is 11.6 Å². The van der Waals surface area contributed by atoms with Crippen molar-refractivity contribution in [1.82, 2.24) is 4.98 Å². The van der Waals surface area contributed by atoms with Gasteiger partial charge in [0.05, 0.1) is 5.52 Å². The van der Waals surface area contributed by atoms with Crippen LogP contribution in [0.1, 0.15) is 43.6 Å². The summed E-state index contributed by atoms with van der Waals surface area (Å²) >= 11 is 5.88. The highest BCUT2D eigenvalue weighted by molar-refractivity contribution is 6.30. The number of aromatic nitrogens is 1. The minimum Gasteiger partial charge on any atom is -0.326 e. The number of hydrogen-bond donors (Lipinski definition) is 1. The lowest BCUT2D eigenvalue weighted by molar-refractivity contribution is -0.117. The molecule has 144 valence electrons. The molecular formula is C23H22ClFN2O. The highest BCUT2D eigenvalue weighted by Gasteiger charge is 2.25. The number of halogens is 2. The molecule has 1 aliphatic rings. The van der Waals surface area contributed by atoms with Crippen LogP contribution in [0.15, 0.2) is 54.7 Å². The Kier molecular flexibility index (Phi) is 5.58. The van der Waals surface area contributed by atoms with E-state index in [1.54, 1.807) is 30.5 Å². The van der Waals surface area contributed by atoms with E-state index in [2.05, 4.69) is 10.3 Å². The van der Waals surface area contributed by atoms with Gasteiger partial charge in [0, 0.05) is 28.7 Å². The zero-order valence-electron chi connectivity index (χ0n) is 15.5. The minimum absolute atomic E-state index is 0.0437. The first-order valence-corrected chi connectivity index (χ1v) is 10.1. The van der Waals surface area contributed by atoms with Gasteiger partial charge in [-0.1, -0.05) is 11.6 Å². The molecule has 0 spiro atoms. The molecule has 28 heavy (non-hydrogen) atoms. The van der Waals surface area contributed by atoms with Gasteiger partial charge in [-0.3, -0.25) is 9.78 Å². The van der Waals surface area contributed by atoms with Gasteiger partial charge in [-0.05, 0) is 91.6 Å². The average molecular weight is 397 g/mol. The summed E-state index contributed by atoms with van der Waals surface area (Å²) in [6, 6.07) is 13.9. The average Bonchev–Trinajstić information content (AvgIpc) is 2.70. The Bertz CT molecular complexity index is 982. The van der Waals surface area contributed by atoms with Gasteiger partial charge < -0.3 is 5.32 Å². The lowest BCUT2D eigenvalue weighted by Gasteiger charge is -2.29. The van der Waals surface area contributed by atoms with E-state index >= 15 is 0 Å². The predicted octanol–water partition coefficient (Wildman–Crippen LogP) is 6.33. The van der Waals surface area contributed by atoms with Crippen LogP contribution in [0.3, 0.4) is 0 Å². The normalized spacial score (nSPS) is 19.5. The lowest BCUT2D eigenvalue weighted by Crippen LogP contribution is -2.20. The van der Waals surface area contributed by atoms with Gasteiger partial charge in [0.2, 0.25) is 5.91 Å². The maximum atomic E-state index is 13.7. The van der Waals surface area contributed by atoms with Crippen LogP contribution < -0.4 is 5.32 Å². The molecule has 0 radical (unpaired) electrons. The summed E-state index contributed by atoms with van der Waals surface area (Å²) in [7, 11) is 0. The largest absolute Gasteiger partial charge is 0.326 e. The number of hydrogen-bond acceptors (Lipinski definition) is 2. The molecule has 1 amide bonds. The maximum absolute atomic E-state index is 13.7. The molecule has 1 saturated carbocycles. The van der Waals surface area contributed by atoms with Crippen LogP contribution in [-0.4, -0.2) is 10.9 Å². The molecule has 2 aromatic carbocycles. The molecule has 1 aliphatic carbocycles. The molecule has 0 atom stereocenters. The summed E-state index contributed by atoms with van der Waals surface area (Å²) in [5.41, 5.74) is 2.78. The first-order valence-electron chi connectivity index (χ1n) is 9.68. The van der Waals surface area contributed by atoms with Crippen LogP contribution in [0, 0.1) is 11.7 Å². The van der Waals surface area contributed by atoms with Gasteiger partial charge in [0.1, 0.15) is 5.82 Å². The lowest BCUT2D eigenvalue weighted by atomic mass is 9.77. The van der Waals surface area contributed by atoms with Crippen molar-refractivity contribution in [1.29, 1.82) is 0 Å². The smallest absolute Gasteiger partial charge is 0.224 e. The zero-order chi connectivity index (χ0) is 19.5. The third kappa shape index (κ3) is 4.33. The Morgan fingerprint density at radius 1 is 1.07 bits per heavy atom. The summed E-state index contributed by atoms with van der Waals surface area (Å²) in [6.07, 6.45) is 6.35. The molecule has 0 aliphatic heterocycles. The fourth-order valence-electron chi connectivity index (χ4n) is 4.18. The van der Waals surface area contributed by atoms with Crippen LogP contribution in [0.5, 0.6) is 0 Å². The van der Waals surface area contributed by atoms with E-state index in [4.69, 9.17) is 11.6 Å². The monoisotopic (exact) mass is 396 g/mol. The van der Waals surface area contributed by atoms with E-state index in [-0.39, 0.29) is 11.7 Å². The number of nitrogens with one attached hydrogen (secondary N) is 1. The predicted molar refractivity (Wildman–Crippen MR) is 111 cm³/mol. The minimum atomic E-state index is -0.227. The Morgan fingerprint density at radius 3 is 2.57 bits per heavy atom. The highest BCUT2D eigenvalue weighted by atomic mass is 35.5. The van der Waals surface area contributed by atoms with E-state index in [0.717, 1.165) is 42.3 Å². The number of carbonyl (C=O) groups excluding carboxylic acids is 1. The number of benzene rings is 2. The number of carbonyl (C=O) groups is 1. The molecule has 3 nitrogen and oxygen atoms in total. The number of nitrogens with zero attached hydrogens (tertiary/aromatic N) is 1. The topological polar surface area (TPSA) is 42.0 Å². The quantitative estimate of drug-likeness (QED) is 0.559. The molecule has 5 heteroatoms. The molecule has 1 N–H and O–H groups in total. The fraction of sp³-hybridized carbons (Fsp3) is 0.304. The number of amides is 1. The van der Waals surface area contributed by atoms with Crippen molar-refractivity contribution in [2.75, 3.05) is 5.32 Å². The Labute approximate surface area is 168 Å². The first-order chi connectivity index (χ1) is 13.6. The van der Waals surface area contributed by atoms with Crippen LogP contribution >= 0.6 is 11.6 Å². The third-order valence-corrected chi connectivity index (χ3v) is 5.88. The van der Waals surface area contributed by atoms with Crippen molar-refractivity contribution in [2.45, 2.75) is 38.0 Å². The van der Waals surface area contributed by atoms with Gasteiger partial charge >= 0.3 is 0 Å². The second-order valence-electron chi connectivity index (χ2n) is 7.54. The second kappa shape index (κ2) is 8.27. The highest BCUT2D eigenvalue weighted by Crippen LogP contribution is 2.39. The summed E-state index contributed by atoms with van der Waals surface area (Å²) in [5, 5.41) is 4.50. The zero-order valence-corrected chi connectivity index (χ0v) is 16.3. The van der Waals surface area contributed by atoms with Crippen molar-refractivity contribution >= 4 is 34.1 Å². The van der Waals surface area contributed by atoms with Crippen molar-refractivity contribution in [2.24, 2.45) is 5.92 Å². The molecule has 0 bridgehead atoms. The van der Waals surface area contributed by atoms with Crippen LogP contribution in [0.4, 0.5) is 10.1 Å². The van der Waals surface area contributed by atoms with Crippen molar-refractivity contribution in [3.05, 3.63) is 71.1 Å². The second-order valence-corrected chi connectivity index (χ2v) is 7.97. The molecule has 4 rings (SSSR count). The van der Waals surface area contributed by atoms with Gasteiger partial charge in [-0.25, -0.2) is 4.39 Å². The Balaban J connectivity index is 1.36. The number of anilines is 1. The Morgan fingerprint density at radius 2 is 1.82 bits per heavy atom. The van der Waals surface area contributed by atoms with Gasteiger partial charge in [-0.15, -0.1) is 0 Å². The number of fused-ring (bicyclic) bond motifs is 1. The number of rotatable bonds is 4. The standard InChI is InChI=1S/C23H22ClFN2O/c24-17-5-8-19(9-6-17)27-23(28)13-15-1-3-16(4-2-15)20-11-12-26-22-10-7-18(25)14-21(20)22/h5-12,14-16H,1-4,13H2,(H,27,28). The van der Waals surface area contributed by atoms with E-state index in [9.17, 15) is 9.18 Å². The fourth-order valence-corrected chi connectivity index (χ4v) is 4.31. The third-order valence-electron chi connectivity index (χ3n) is 5.63. The van der Waals surface area contributed by atoms with Crippen LogP contribution in [0.25, 0.3) is 10.9 Å². The summed E-state index contributed by atoms with van der Waals surface area (Å²) in [4.78, 5) is 16.7. The van der Waals surface area contributed by atoms with E-state index in [0.29, 0.717) is 23.3 Å². The first kappa shape index (κ1) is 18.9. The molecule has 3 aromatic rings. The van der Waals surface area contributed by atoms with Gasteiger partial charge in [0.15, 0.2) is 0 Å². The summed E-state index contributed by atoms with van der Waals surface area (Å²) < 4.78 is 13.7. The SMILES string of the molecule is O=C(CC1CCC(c2ccnc3ccc(F)cc23)CC1)Nc1ccc(Cl)cc1. The van der Waals surface area contributed by atoms with Gasteiger partial charge in [0.25, 0.3) is 0 Å². The maximum Gasteiger partial charge on any atom is 0.224 e. The molecule has 0 unspecified atom stereocenters. The summed E-state index contributed by atoms with van der Waals surface area (Å²) in [6.45, 7) is 0. The molecule has 1 heterocycles. The van der Waals surface area contributed by atoms with Crippen LogP contribution in [0.2, 0.25) is 5.02 Å². The van der Waals surface area contributed by atoms with Crippen molar-refractivity contribution in [3.8, 4) is 0 Å². The molecule has 1 aromatic heterocycles. The van der Waals surface area contributed by atoms with E-state index in [1.807, 2.05) is 18.2 Å².